The molecule has 5 nitrogen and oxygen atoms in total. The van der Waals surface area contributed by atoms with Gasteiger partial charge < -0.3 is 4.90 Å². The Morgan fingerprint density at radius 2 is 1.68 bits per heavy atom. The van der Waals surface area contributed by atoms with Crippen molar-refractivity contribution in [3.63, 3.8) is 0 Å². The molecule has 1 fully saturated rings. The van der Waals surface area contributed by atoms with Crippen LogP contribution >= 0.6 is 0 Å². The topological polar surface area (TPSA) is 57.7 Å². The Morgan fingerprint density at radius 3 is 2.18 bits per heavy atom. The van der Waals surface area contributed by atoms with Gasteiger partial charge in [0.25, 0.3) is 11.8 Å². The summed E-state index contributed by atoms with van der Waals surface area (Å²) in [5.74, 6) is 0.258. The molecule has 0 aromatic heterocycles. The summed E-state index contributed by atoms with van der Waals surface area (Å²) in [7, 11) is 0. The Bertz CT molecular complexity index is 465. The monoisotopic (exact) mass is 306 g/mol. The fourth-order valence-electron chi connectivity index (χ4n) is 3.19. The number of nitrogens with zero attached hydrogens (tertiary/aromatic N) is 2. The molecule has 0 N–H and O–H groups in total. The first-order chi connectivity index (χ1) is 10.3. The highest BCUT2D eigenvalue weighted by atomic mass is 16.2. The van der Waals surface area contributed by atoms with E-state index in [9.17, 15) is 14.4 Å². The van der Waals surface area contributed by atoms with E-state index in [-0.39, 0.29) is 17.7 Å². The van der Waals surface area contributed by atoms with E-state index in [0.717, 1.165) is 25.9 Å². The van der Waals surface area contributed by atoms with Crippen LogP contribution in [0.2, 0.25) is 0 Å². The van der Waals surface area contributed by atoms with Crippen LogP contribution in [0.15, 0.2) is 12.2 Å². The number of carbonyl (C=O) groups excluding carboxylic acids is 3. The minimum atomic E-state index is -0.275. The molecule has 0 radical (unpaired) electrons. The quantitative estimate of drug-likeness (QED) is 0.746. The summed E-state index contributed by atoms with van der Waals surface area (Å²) < 4.78 is 0. The Morgan fingerprint density at radius 1 is 1.14 bits per heavy atom. The lowest BCUT2D eigenvalue weighted by Crippen LogP contribution is -2.41. The van der Waals surface area contributed by atoms with Crippen LogP contribution in [0.1, 0.15) is 46.5 Å². The minimum absolute atomic E-state index is 0.138. The number of imide groups is 1. The smallest absolute Gasteiger partial charge is 0.253 e. The van der Waals surface area contributed by atoms with Crippen molar-refractivity contribution in [2.24, 2.45) is 11.3 Å². The van der Waals surface area contributed by atoms with Crippen molar-refractivity contribution in [3.8, 4) is 0 Å². The van der Waals surface area contributed by atoms with Gasteiger partial charge >= 0.3 is 0 Å². The molecule has 2 rings (SSSR count). The van der Waals surface area contributed by atoms with Crippen LogP contribution < -0.4 is 0 Å². The van der Waals surface area contributed by atoms with Gasteiger partial charge in [-0.2, -0.15) is 0 Å². The lowest BCUT2D eigenvalue weighted by molar-refractivity contribution is -0.138. The Kier molecular flexibility index (Phi) is 5.04. The van der Waals surface area contributed by atoms with Crippen molar-refractivity contribution in [1.29, 1.82) is 0 Å². The first kappa shape index (κ1) is 16.7. The van der Waals surface area contributed by atoms with Gasteiger partial charge in [0.2, 0.25) is 5.91 Å². The largest absolute Gasteiger partial charge is 0.343 e. The average molecular weight is 306 g/mol. The second-order valence-electron chi connectivity index (χ2n) is 7.29. The average Bonchev–Trinajstić information content (AvgIpc) is 2.78. The number of amides is 3. The van der Waals surface area contributed by atoms with E-state index in [1.165, 1.54) is 17.1 Å². The molecule has 2 aliphatic heterocycles. The SMILES string of the molecule is CC(C)(C)C1CCN(C(=O)CCCN2C(=O)C=CC2=O)CC1. The summed E-state index contributed by atoms with van der Waals surface area (Å²) in [6, 6.07) is 0. The lowest BCUT2D eigenvalue weighted by Gasteiger charge is -2.38. The van der Waals surface area contributed by atoms with Gasteiger partial charge in [0.05, 0.1) is 0 Å². The maximum atomic E-state index is 12.2. The van der Waals surface area contributed by atoms with Crippen LogP contribution in [-0.4, -0.2) is 47.2 Å². The molecule has 2 heterocycles. The summed E-state index contributed by atoms with van der Waals surface area (Å²) in [6.45, 7) is 8.75. The van der Waals surface area contributed by atoms with Gasteiger partial charge in [-0.05, 0) is 30.6 Å². The van der Waals surface area contributed by atoms with E-state index >= 15 is 0 Å². The van der Waals surface area contributed by atoms with Crippen LogP contribution in [-0.2, 0) is 14.4 Å². The zero-order chi connectivity index (χ0) is 16.3. The molecule has 0 aliphatic carbocycles. The molecule has 22 heavy (non-hydrogen) atoms. The van der Waals surface area contributed by atoms with Crippen LogP contribution in [0, 0.1) is 11.3 Å². The number of carbonyl (C=O) groups is 3. The second kappa shape index (κ2) is 6.63. The predicted molar refractivity (Wildman–Crippen MR) is 83.9 cm³/mol. The molecule has 0 bridgehead atoms. The highest BCUT2D eigenvalue weighted by molar-refractivity contribution is 6.12. The van der Waals surface area contributed by atoms with E-state index in [4.69, 9.17) is 0 Å². The van der Waals surface area contributed by atoms with Gasteiger partial charge in [0.15, 0.2) is 0 Å². The predicted octanol–water partition coefficient (Wildman–Crippen LogP) is 1.98. The first-order valence-corrected chi connectivity index (χ1v) is 8.10. The van der Waals surface area contributed by atoms with E-state index in [1.807, 2.05) is 4.90 Å². The third-order valence-corrected chi connectivity index (χ3v) is 4.75. The van der Waals surface area contributed by atoms with E-state index in [1.54, 1.807) is 0 Å². The standard InChI is InChI=1S/C17H26N2O3/c1-17(2,3)13-8-11-18(12-9-13)14(20)5-4-10-19-15(21)6-7-16(19)22/h6-7,13H,4-5,8-12H2,1-3H3. The third-order valence-electron chi connectivity index (χ3n) is 4.75. The van der Waals surface area contributed by atoms with Crippen LogP contribution in [0.5, 0.6) is 0 Å². The summed E-state index contributed by atoms with van der Waals surface area (Å²) >= 11 is 0. The van der Waals surface area contributed by atoms with Crippen molar-refractivity contribution in [2.45, 2.75) is 46.5 Å². The van der Waals surface area contributed by atoms with Crippen molar-refractivity contribution in [1.82, 2.24) is 9.80 Å². The van der Waals surface area contributed by atoms with E-state index in [2.05, 4.69) is 20.8 Å². The third kappa shape index (κ3) is 3.96. The van der Waals surface area contributed by atoms with Gasteiger partial charge in [-0.25, -0.2) is 0 Å². The minimum Gasteiger partial charge on any atom is -0.343 e. The highest BCUT2D eigenvalue weighted by Gasteiger charge is 2.30. The molecular weight excluding hydrogens is 280 g/mol. The first-order valence-electron chi connectivity index (χ1n) is 8.10. The highest BCUT2D eigenvalue weighted by Crippen LogP contribution is 2.34. The van der Waals surface area contributed by atoms with Crippen LogP contribution in [0.4, 0.5) is 0 Å². The molecule has 1 saturated heterocycles. The maximum Gasteiger partial charge on any atom is 0.253 e. The lowest BCUT2D eigenvalue weighted by atomic mass is 9.75. The number of rotatable bonds is 4. The van der Waals surface area contributed by atoms with Crippen molar-refractivity contribution in [2.75, 3.05) is 19.6 Å². The van der Waals surface area contributed by atoms with Crippen molar-refractivity contribution < 1.29 is 14.4 Å². The molecule has 5 heteroatoms. The zero-order valence-electron chi connectivity index (χ0n) is 13.8. The number of likely N-dealkylation sites (tertiary alicyclic amines) is 1. The molecule has 2 aliphatic rings. The zero-order valence-corrected chi connectivity index (χ0v) is 13.8. The summed E-state index contributed by atoms with van der Waals surface area (Å²) in [6.07, 6.45) is 5.61. The maximum absolute atomic E-state index is 12.2. The number of piperidine rings is 1. The molecule has 122 valence electrons. The normalized spacial score (nSPS) is 20.1. The number of hydrogen-bond donors (Lipinski definition) is 0. The molecule has 3 amide bonds. The molecular formula is C17H26N2O3. The van der Waals surface area contributed by atoms with Gasteiger partial charge in [-0.1, -0.05) is 20.8 Å². The van der Waals surface area contributed by atoms with E-state index < -0.39 is 0 Å². The van der Waals surface area contributed by atoms with Gasteiger partial charge in [-0.15, -0.1) is 0 Å². The number of hydrogen-bond acceptors (Lipinski definition) is 3. The Labute approximate surface area is 132 Å². The van der Waals surface area contributed by atoms with Crippen molar-refractivity contribution in [3.05, 3.63) is 12.2 Å². The summed E-state index contributed by atoms with van der Waals surface area (Å²) in [4.78, 5) is 38.2. The van der Waals surface area contributed by atoms with Crippen molar-refractivity contribution >= 4 is 17.7 Å². The second-order valence-corrected chi connectivity index (χ2v) is 7.29. The van der Waals surface area contributed by atoms with Crippen LogP contribution in [0.3, 0.4) is 0 Å². The Hall–Kier alpha value is -1.65. The van der Waals surface area contributed by atoms with Crippen LogP contribution in [0.25, 0.3) is 0 Å². The fourth-order valence-corrected chi connectivity index (χ4v) is 3.19. The Balaban J connectivity index is 1.71. The van der Waals surface area contributed by atoms with Gasteiger partial charge in [-0.3, -0.25) is 19.3 Å². The molecule has 0 aromatic rings. The molecule has 0 unspecified atom stereocenters. The molecule has 0 spiro atoms. The van der Waals surface area contributed by atoms with E-state index in [0.29, 0.717) is 30.7 Å². The summed E-state index contributed by atoms with van der Waals surface area (Å²) in [5.41, 5.74) is 0.304. The van der Waals surface area contributed by atoms with Gasteiger partial charge in [0, 0.05) is 38.2 Å². The summed E-state index contributed by atoms with van der Waals surface area (Å²) in [5, 5.41) is 0. The van der Waals surface area contributed by atoms with Gasteiger partial charge in [0.1, 0.15) is 0 Å². The molecule has 0 atom stereocenters. The molecule has 0 aromatic carbocycles. The molecule has 0 saturated carbocycles. The fraction of sp³-hybridized carbons (Fsp3) is 0.706.